The number of rotatable bonds is 5. The number of aryl methyl sites for hydroxylation is 1. The van der Waals surface area contributed by atoms with Crippen LogP contribution in [0.25, 0.3) is 0 Å². The van der Waals surface area contributed by atoms with Gasteiger partial charge in [-0.3, -0.25) is 0 Å². The normalized spacial score (nSPS) is 11.6. The summed E-state index contributed by atoms with van der Waals surface area (Å²) in [5.74, 6) is 0.795. The van der Waals surface area contributed by atoms with Crippen LogP contribution in [-0.4, -0.2) is 22.2 Å². The number of aliphatic hydroxyl groups is 1. The summed E-state index contributed by atoms with van der Waals surface area (Å²) in [5, 5.41) is 12.8. The lowest BCUT2D eigenvalue weighted by atomic mass is 9.94. The Morgan fingerprint density at radius 1 is 1.44 bits per heavy atom. The highest BCUT2D eigenvalue weighted by Crippen LogP contribution is 2.26. The largest absolute Gasteiger partial charge is 0.394 e. The van der Waals surface area contributed by atoms with Gasteiger partial charge >= 0.3 is 0 Å². The Labute approximate surface area is 105 Å². The fourth-order valence-electron chi connectivity index (χ4n) is 1.57. The van der Waals surface area contributed by atoms with Gasteiger partial charge in [0.25, 0.3) is 0 Å². The standard InChI is InChI=1S/C12H19BrN2O/c1-4-12(5-2,8-16)15-11-10(13)6-9(3)7-14-11/h6-7,16H,4-5,8H2,1-3H3,(H,14,15). The minimum absolute atomic E-state index is 0.113. The van der Waals surface area contributed by atoms with Gasteiger partial charge < -0.3 is 10.4 Å². The van der Waals surface area contributed by atoms with Crippen LogP contribution in [0.2, 0.25) is 0 Å². The number of nitrogens with zero attached hydrogens (tertiary/aromatic N) is 1. The third kappa shape index (κ3) is 2.95. The van der Waals surface area contributed by atoms with Gasteiger partial charge in [0.05, 0.1) is 16.6 Å². The fourth-order valence-corrected chi connectivity index (χ4v) is 2.13. The summed E-state index contributed by atoms with van der Waals surface area (Å²) in [4.78, 5) is 4.34. The van der Waals surface area contributed by atoms with E-state index in [4.69, 9.17) is 0 Å². The second kappa shape index (κ2) is 5.64. The topological polar surface area (TPSA) is 45.1 Å². The van der Waals surface area contributed by atoms with E-state index in [2.05, 4.69) is 40.1 Å². The molecule has 0 saturated carbocycles. The van der Waals surface area contributed by atoms with Crippen molar-refractivity contribution in [1.82, 2.24) is 4.98 Å². The van der Waals surface area contributed by atoms with E-state index >= 15 is 0 Å². The van der Waals surface area contributed by atoms with Gasteiger partial charge in [0.15, 0.2) is 0 Å². The van der Waals surface area contributed by atoms with E-state index in [-0.39, 0.29) is 12.1 Å². The van der Waals surface area contributed by atoms with Gasteiger partial charge in [-0.25, -0.2) is 4.98 Å². The molecule has 0 aliphatic rings. The van der Waals surface area contributed by atoms with Crippen molar-refractivity contribution < 1.29 is 5.11 Å². The molecule has 0 saturated heterocycles. The number of pyridine rings is 1. The molecule has 0 bridgehead atoms. The highest BCUT2D eigenvalue weighted by atomic mass is 79.9. The average Bonchev–Trinajstić information content (AvgIpc) is 2.29. The first-order valence-corrected chi connectivity index (χ1v) is 6.37. The second-order valence-electron chi connectivity index (χ2n) is 4.11. The number of hydrogen-bond acceptors (Lipinski definition) is 3. The van der Waals surface area contributed by atoms with Crippen molar-refractivity contribution >= 4 is 21.7 Å². The first-order chi connectivity index (χ1) is 7.56. The Balaban J connectivity index is 2.93. The number of halogens is 1. The maximum Gasteiger partial charge on any atom is 0.140 e. The fraction of sp³-hybridized carbons (Fsp3) is 0.583. The third-order valence-electron chi connectivity index (χ3n) is 3.02. The highest BCUT2D eigenvalue weighted by Gasteiger charge is 2.25. The maximum atomic E-state index is 9.48. The van der Waals surface area contributed by atoms with Crippen LogP contribution in [0, 0.1) is 6.92 Å². The van der Waals surface area contributed by atoms with Crippen LogP contribution in [0.5, 0.6) is 0 Å². The maximum absolute atomic E-state index is 9.48. The van der Waals surface area contributed by atoms with E-state index < -0.39 is 0 Å². The average molecular weight is 287 g/mol. The minimum atomic E-state index is -0.273. The first-order valence-electron chi connectivity index (χ1n) is 5.58. The van der Waals surface area contributed by atoms with Crippen molar-refractivity contribution in [2.45, 2.75) is 39.2 Å². The summed E-state index contributed by atoms with van der Waals surface area (Å²) in [7, 11) is 0. The smallest absolute Gasteiger partial charge is 0.140 e. The van der Waals surface area contributed by atoms with Gasteiger partial charge in [-0.2, -0.15) is 0 Å². The number of aliphatic hydroxyl groups excluding tert-OH is 1. The molecule has 0 aliphatic heterocycles. The molecule has 0 aliphatic carbocycles. The Bertz CT molecular complexity index is 343. The second-order valence-corrected chi connectivity index (χ2v) is 4.97. The zero-order valence-electron chi connectivity index (χ0n) is 10.0. The third-order valence-corrected chi connectivity index (χ3v) is 3.62. The van der Waals surface area contributed by atoms with Gasteiger partial charge in [0, 0.05) is 6.20 Å². The lowest BCUT2D eigenvalue weighted by Gasteiger charge is -2.31. The van der Waals surface area contributed by atoms with Crippen molar-refractivity contribution in [3.05, 3.63) is 22.3 Å². The summed E-state index contributed by atoms with van der Waals surface area (Å²) in [6.45, 7) is 6.24. The molecule has 16 heavy (non-hydrogen) atoms. The zero-order chi connectivity index (χ0) is 12.2. The Hall–Kier alpha value is -0.610. The molecular formula is C12H19BrN2O. The number of nitrogens with one attached hydrogen (secondary N) is 1. The monoisotopic (exact) mass is 286 g/mol. The molecule has 1 aromatic rings. The first kappa shape index (κ1) is 13.5. The van der Waals surface area contributed by atoms with Crippen molar-refractivity contribution in [2.75, 3.05) is 11.9 Å². The molecule has 90 valence electrons. The number of hydrogen-bond donors (Lipinski definition) is 2. The molecule has 1 rings (SSSR count). The van der Waals surface area contributed by atoms with E-state index in [1.807, 2.05) is 19.2 Å². The van der Waals surface area contributed by atoms with Gasteiger partial charge in [-0.05, 0) is 47.3 Å². The number of aromatic nitrogens is 1. The van der Waals surface area contributed by atoms with Crippen LogP contribution in [0.3, 0.4) is 0 Å². The van der Waals surface area contributed by atoms with Gasteiger partial charge in [0.2, 0.25) is 0 Å². The summed E-state index contributed by atoms with van der Waals surface area (Å²) < 4.78 is 0.937. The Kier molecular flexibility index (Phi) is 4.74. The molecule has 0 spiro atoms. The van der Waals surface area contributed by atoms with Gasteiger partial charge in [-0.1, -0.05) is 13.8 Å². The predicted octanol–water partition coefficient (Wildman–Crippen LogP) is 3.12. The molecule has 2 N–H and O–H groups in total. The SMILES string of the molecule is CCC(CC)(CO)Nc1ncc(C)cc1Br. The van der Waals surface area contributed by atoms with Crippen molar-refractivity contribution in [3.8, 4) is 0 Å². The van der Waals surface area contributed by atoms with Crippen molar-refractivity contribution in [1.29, 1.82) is 0 Å². The molecular weight excluding hydrogens is 268 g/mol. The van der Waals surface area contributed by atoms with E-state index in [0.717, 1.165) is 28.7 Å². The molecule has 0 unspecified atom stereocenters. The minimum Gasteiger partial charge on any atom is -0.394 e. The van der Waals surface area contributed by atoms with Crippen LogP contribution >= 0.6 is 15.9 Å². The molecule has 3 nitrogen and oxygen atoms in total. The van der Waals surface area contributed by atoms with Crippen LogP contribution < -0.4 is 5.32 Å². The Morgan fingerprint density at radius 2 is 2.06 bits per heavy atom. The highest BCUT2D eigenvalue weighted by molar-refractivity contribution is 9.10. The van der Waals surface area contributed by atoms with E-state index in [1.54, 1.807) is 0 Å². The van der Waals surface area contributed by atoms with E-state index in [0.29, 0.717) is 0 Å². The van der Waals surface area contributed by atoms with Gasteiger partial charge in [-0.15, -0.1) is 0 Å². The molecule has 0 aromatic carbocycles. The Morgan fingerprint density at radius 3 is 2.50 bits per heavy atom. The van der Waals surface area contributed by atoms with Crippen molar-refractivity contribution in [3.63, 3.8) is 0 Å². The van der Waals surface area contributed by atoms with Crippen LogP contribution in [-0.2, 0) is 0 Å². The summed E-state index contributed by atoms with van der Waals surface area (Å²) in [6.07, 6.45) is 3.55. The van der Waals surface area contributed by atoms with Crippen LogP contribution in [0.4, 0.5) is 5.82 Å². The summed E-state index contributed by atoms with van der Waals surface area (Å²) >= 11 is 3.48. The molecule has 0 fully saturated rings. The molecule has 1 heterocycles. The molecule has 0 amide bonds. The lowest BCUT2D eigenvalue weighted by Crippen LogP contribution is -2.41. The predicted molar refractivity (Wildman–Crippen MR) is 70.7 cm³/mol. The summed E-state index contributed by atoms with van der Waals surface area (Å²) in [6, 6.07) is 2.02. The van der Waals surface area contributed by atoms with E-state index in [1.165, 1.54) is 0 Å². The molecule has 0 radical (unpaired) electrons. The van der Waals surface area contributed by atoms with Crippen LogP contribution in [0.1, 0.15) is 32.3 Å². The molecule has 0 atom stereocenters. The molecule has 1 aromatic heterocycles. The molecule has 4 heteroatoms. The quantitative estimate of drug-likeness (QED) is 0.874. The van der Waals surface area contributed by atoms with Crippen LogP contribution in [0.15, 0.2) is 16.7 Å². The lowest BCUT2D eigenvalue weighted by molar-refractivity contribution is 0.202. The summed E-state index contributed by atoms with van der Waals surface area (Å²) in [5.41, 5.74) is 0.838. The van der Waals surface area contributed by atoms with Gasteiger partial charge in [0.1, 0.15) is 5.82 Å². The van der Waals surface area contributed by atoms with E-state index in [9.17, 15) is 5.11 Å². The van der Waals surface area contributed by atoms with Crippen molar-refractivity contribution in [2.24, 2.45) is 0 Å². The zero-order valence-corrected chi connectivity index (χ0v) is 11.6. The number of anilines is 1.